The van der Waals surface area contributed by atoms with Gasteiger partial charge in [0.2, 0.25) is 5.89 Å². The van der Waals surface area contributed by atoms with Gasteiger partial charge < -0.3 is 9.73 Å². The Labute approximate surface area is 157 Å². The number of hydrogen-bond donors (Lipinski definition) is 1. The molecule has 8 heteroatoms. The molecule has 3 aromatic heterocycles. The summed E-state index contributed by atoms with van der Waals surface area (Å²) in [5.74, 6) is 3.11. The minimum atomic E-state index is -0.0187. The second-order valence-corrected chi connectivity index (χ2v) is 9.35. The molecular formula is C16H17BrN4OS2. The Bertz CT molecular complexity index is 808. The number of thiazole rings is 1. The van der Waals surface area contributed by atoms with Crippen molar-refractivity contribution in [2.75, 3.05) is 5.32 Å². The maximum Gasteiger partial charge on any atom is 0.204 e. The van der Waals surface area contributed by atoms with Gasteiger partial charge in [-0.05, 0) is 28.1 Å². The zero-order valence-electron chi connectivity index (χ0n) is 13.5. The monoisotopic (exact) mass is 424 g/mol. The number of thioether (sulfide) groups is 1. The first-order valence-corrected chi connectivity index (χ1v) is 9.92. The molecule has 3 rings (SSSR count). The van der Waals surface area contributed by atoms with Gasteiger partial charge >= 0.3 is 0 Å². The second-order valence-electron chi connectivity index (χ2n) is 6.13. The Balaban J connectivity index is 1.58. The van der Waals surface area contributed by atoms with Crippen LogP contribution in [0, 0.1) is 0 Å². The normalized spacial score (nSPS) is 11.7. The molecule has 0 saturated carbocycles. The highest BCUT2D eigenvalue weighted by Crippen LogP contribution is 2.32. The number of anilines is 2. The van der Waals surface area contributed by atoms with E-state index in [4.69, 9.17) is 4.42 Å². The molecule has 3 heterocycles. The largest absolute Gasteiger partial charge is 0.444 e. The molecule has 5 nitrogen and oxygen atoms in total. The molecule has 126 valence electrons. The van der Waals surface area contributed by atoms with Crippen molar-refractivity contribution in [3.63, 3.8) is 0 Å². The van der Waals surface area contributed by atoms with Crippen LogP contribution < -0.4 is 5.32 Å². The van der Waals surface area contributed by atoms with Crippen LogP contribution in [0.15, 0.2) is 43.8 Å². The summed E-state index contributed by atoms with van der Waals surface area (Å²) >= 11 is 6.62. The van der Waals surface area contributed by atoms with E-state index in [1.165, 1.54) is 0 Å². The van der Waals surface area contributed by atoms with E-state index in [2.05, 4.69) is 57.0 Å². The summed E-state index contributed by atoms with van der Waals surface area (Å²) in [7, 11) is 0. The Kier molecular flexibility index (Phi) is 5.27. The van der Waals surface area contributed by atoms with Crippen LogP contribution in [0.4, 0.5) is 10.9 Å². The van der Waals surface area contributed by atoms with Crippen LogP contribution in [0.3, 0.4) is 0 Å². The van der Waals surface area contributed by atoms with Gasteiger partial charge in [0, 0.05) is 16.1 Å². The fourth-order valence-corrected chi connectivity index (χ4v) is 3.77. The first-order chi connectivity index (χ1) is 11.4. The number of oxazole rings is 1. The number of halogens is 1. The van der Waals surface area contributed by atoms with Crippen molar-refractivity contribution < 1.29 is 4.42 Å². The molecule has 0 fully saturated rings. The summed E-state index contributed by atoms with van der Waals surface area (Å²) in [4.78, 5) is 13.0. The van der Waals surface area contributed by atoms with Crippen LogP contribution >= 0.6 is 39.0 Å². The molecule has 0 aliphatic carbocycles. The van der Waals surface area contributed by atoms with Crippen molar-refractivity contribution in [2.24, 2.45) is 0 Å². The quantitative estimate of drug-likeness (QED) is 0.535. The van der Waals surface area contributed by atoms with Crippen molar-refractivity contribution in [1.29, 1.82) is 0 Å². The number of rotatable bonds is 5. The van der Waals surface area contributed by atoms with E-state index >= 15 is 0 Å². The van der Waals surface area contributed by atoms with E-state index < -0.39 is 0 Å². The molecule has 0 bridgehead atoms. The predicted octanol–water partition coefficient (Wildman–Crippen LogP) is 5.62. The molecule has 0 radical (unpaired) electrons. The molecule has 1 N–H and O–H groups in total. The minimum absolute atomic E-state index is 0.0187. The van der Waals surface area contributed by atoms with Gasteiger partial charge in [-0.1, -0.05) is 32.1 Å². The van der Waals surface area contributed by atoms with Gasteiger partial charge in [0.15, 0.2) is 5.13 Å². The molecule has 0 amide bonds. The predicted molar refractivity (Wildman–Crippen MR) is 102 cm³/mol. The smallest absolute Gasteiger partial charge is 0.204 e. The van der Waals surface area contributed by atoms with Gasteiger partial charge in [-0.3, -0.25) is 0 Å². The summed E-state index contributed by atoms with van der Waals surface area (Å²) in [6.07, 6.45) is 5.42. The number of pyridine rings is 1. The van der Waals surface area contributed by atoms with Crippen molar-refractivity contribution >= 4 is 50.0 Å². The Morgan fingerprint density at radius 1 is 1.17 bits per heavy atom. The maximum absolute atomic E-state index is 5.81. The zero-order chi connectivity index (χ0) is 17.2. The van der Waals surface area contributed by atoms with Crippen LogP contribution in [0.1, 0.15) is 32.4 Å². The average Bonchev–Trinajstić information content (AvgIpc) is 3.16. The number of nitrogens with one attached hydrogen (secondary N) is 1. The third-order valence-corrected chi connectivity index (χ3v) is 5.64. The van der Waals surface area contributed by atoms with E-state index in [0.29, 0.717) is 5.75 Å². The van der Waals surface area contributed by atoms with Gasteiger partial charge in [-0.15, -0.1) is 11.8 Å². The Hall–Kier alpha value is -1.38. The topological polar surface area (TPSA) is 63.8 Å². The summed E-state index contributed by atoms with van der Waals surface area (Å²) in [6, 6.07) is 3.84. The Morgan fingerprint density at radius 2 is 2.00 bits per heavy atom. The van der Waals surface area contributed by atoms with Crippen LogP contribution in [-0.4, -0.2) is 15.0 Å². The highest BCUT2D eigenvalue weighted by Gasteiger charge is 2.19. The third-order valence-electron chi connectivity index (χ3n) is 3.08. The number of hydrogen-bond acceptors (Lipinski definition) is 7. The lowest BCUT2D eigenvalue weighted by molar-refractivity contribution is 0.391. The number of nitrogens with zero attached hydrogens (tertiary/aromatic N) is 3. The van der Waals surface area contributed by atoms with Crippen molar-refractivity contribution in [3.05, 3.63) is 46.8 Å². The lowest BCUT2D eigenvalue weighted by atomic mass is 9.94. The fraction of sp³-hybridized carbons (Fsp3) is 0.312. The van der Waals surface area contributed by atoms with E-state index in [0.717, 1.165) is 31.3 Å². The average molecular weight is 425 g/mol. The van der Waals surface area contributed by atoms with Gasteiger partial charge in [0.1, 0.15) is 11.6 Å². The van der Waals surface area contributed by atoms with E-state index in [9.17, 15) is 0 Å². The Morgan fingerprint density at radius 3 is 2.67 bits per heavy atom. The van der Waals surface area contributed by atoms with Crippen LogP contribution in [-0.2, 0) is 11.2 Å². The van der Waals surface area contributed by atoms with Crippen molar-refractivity contribution in [2.45, 2.75) is 36.1 Å². The van der Waals surface area contributed by atoms with Gasteiger partial charge in [-0.25, -0.2) is 15.0 Å². The lowest BCUT2D eigenvalue weighted by Crippen LogP contribution is -2.09. The van der Waals surface area contributed by atoms with Crippen molar-refractivity contribution in [1.82, 2.24) is 15.0 Å². The highest BCUT2D eigenvalue weighted by molar-refractivity contribution is 9.10. The van der Waals surface area contributed by atoms with Gasteiger partial charge in [-0.2, -0.15) is 0 Å². The molecular weight excluding hydrogens is 408 g/mol. The molecule has 3 aromatic rings. The molecule has 0 aliphatic heterocycles. The first kappa shape index (κ1) is 17.4. The summed E-state index contributed by atoms with van der Waals surface area (Å²) in [5.41, 5.74) is -0.0187. The SMILES string of the molecule is CC(C)(C)c1cnc(CSc2cnc(Nc3ccc(Br)cn3)s2)o1. The molecule has 0 aliphatic rings. The molecule has 0 unspecified atom stereocenters. The molecule has 0 spiro atoms. The summed E-state index contributed by atoms with van der Waals surface area (Å²) in [6.45, 7) is 6.34. The van der Waals surface area contributed by atoms with Crippen LogP contribution in [0.2, 0.25) is 0 Å². The standard InChI is InChI=1S/C16H17BrN4OS2/c1-16(2,3)11-7-19-13(22-11)9-23-14-8-20-15(24-14)21-12-5-4-10(17)6-18-12/h4-8H,9H2,1-3H3,(H,18,20,21). The summed E-state index contributed by atoms with van der Waals surface area (Å²) in [5, 5.41) is 4.01. The first-order valence-electron chi connectivity index (χ1n) is 7.32. The second kappa shape index (κ2) is 7.25. The summed E-state index contributed by atoms with van der Waals surface area (Å²) < 4.78 is 7.86. The van der Waals surface area contributed by atoms with Crippen LogP contribution in [0.25, 0.3) is 0 Å². The van der Waals surface area contributed by atoms with E-state index in [1.54, 1.807) is 29.3 Å². The molecule has 0 aromatic carbocycles. The minimum Gasteiger partial charge on any atom is -0.444 e. The number of aromatic nitrogens is 3. The zero-order valence-corrected chi connectivity index (χ0v) is 16.8. The van der Waals surface area contributed by atoms with E-state index in [-0.39, 0.29) is 5.41 Å². The highest BCUT2D eigenvalue weighted by atomic mass is 79.9. The molecule has 24 heavy (non-hydrogen) atoms. The van der Waals surface area contributed by atoms with Gasteiger partial charge in [0.05, 0.1) is 22.4 Å². The molecule has 0 saturated heterocycles. The van der Waals surface area contributed by atoms with E-state index in [1.807, 2.05) is 24.5 Å². The fourth-order valence-electron chi connectivity index (χ4n) is 1.80. The maximum atomic E-state index is 5.81. The molecule has 0 atom stereocenters. The lowest BCUT2D eigenvalue weighted by Gasteiger charge is -2.12. The van der Waals surface area contributed by atoms with Gasteiger partial charge in [0.25, 0.3) is 0 Å². The third kappa shape index (κ3) is 4.58. The van der Waals surface area contributed by atoms with Crippen molar-refractivity contribution in [3.8, 4) is 0 Å². The van der Waals surface area contributed by atoms with Crippen LogP contribution in [0.5, 0.6) is 0 Å².